The molecule has 0 N–H and O–H groups in total. The fraction of sp³-hybridized carbons (Fsp3) is 0. The molecule has 1 aromatic heterocycles. The predicted molar refractivity (Wildman–Crippen MR) is 225 cm³/mol. The maximum atomic E-state index is 6.78. The molecule has 53 heavy (non-hydrogen) atoms. The molecular formula is C52H32O. The van der Waals surface area contributed by atoms with Crippen molar-refractivity contribution in [1.82, 2.24) is 0 Å². The topological polar surface area (TPSA) is 13.1 Å². The van der Waals surface area contributed by atoms with Crippen LogP contribution in [0.25, 0.3) is 110 Å². The van der Waals surface area contributed by atoms with E-state index in [9.17, 15) is 0 Å². The maximum absolute atomic E-state index is 6.78. The molecule has 10 aromatic carbocycles. The van der Waals surface area contributed by atoms with E-state index < -0.39 is 0 Å². The van der Waals surface area contributed by atoms with Crippen molar-refractivity contribution in [2.45, 2.75) is 0 Å². The average Bonchev–Trinajstić information content (AvgIpc) is 3.63. The highest BCUT2D eigenvalue weighted by Crippen LogP contribution is 2.50. The van der Waals surface area contributed by atoms with Crippen molar-refractivity contribution in [2.75, 3.05) is 0 Å². The van der Waals surface area contributed by atoms with Crippen LogP contribution >= 0.6 is 0 Å². The molecule has 0 radical (unpaired) electrons. The Bertz CT molecular complexity index is 3210. The highest BCUT2D eigenvalue weighted by Gasteiger charge is 2.23. The fourth-order valence-corrected chi connectivity index (χ4v) is 8.71. The number of para-hydroxylation sites is 1. The van der Waals surface area contributed by atoms with Gasteiger partial charge in [-0.3, -0.25) is 0 Å². The van der Waals surface area contributed by atoms with Crippen molar-refractivity contribution in [2.24, 2.45) is 0 Å². The first kappa shape index (κ1) is 29.7. The molecule has 11 aromatic rings. The molecule has 0 spiro atoms. The van der Waals surface area contributed by atoms with Crippen LogP contribution in [0, 0.1) is 0 Å². The Kier molecular flexibility index (Phi) is 6.62. The maximum Gasteiger partial charge on any atom is 0.143 e. The number of rotatable bonds is 4. The van der Waals surface area contributed by atoms with Gasteiger partial charge in [-0.1, -0.05) is 176 Å². The molecule has 0 saturated carbocycles. The quantitative estimate of drug-likeness (QED) is 0.134. The molecule has 0 bridgehead atoms. The Hall–Kier alpha value is -6.96. The molecule has 1 heteroatoms. The van der Waals surface area contributed by atoms with Gasteiger partial charge in [-0.2, -0.15) is 0 Å². The summed E-state index contributed by atoms with van der Waals surface area (Å²) in [5.41, 5.74) is 11.3. The Morgan fingerprint density at radius 3 is 1.66 bits per heavy atom. The van der Waals surface area contributed by atoms with Crippen molar-refractivity contribution < 1.29 is 4.42 Å². The van der Waals surface area contributed by atoms with Crippen LogP contribution in [0.5, 0.6) is 0 Å². The van der Waals surface area contributed by atoms with E-state index in [0.29, 0.717) is 0 Å². The van der Waals surface area contributed by atoms with E-state index >= 15 is 0 Å². The van der Waals surface area contributed by atoms with Gasteiger partial charge < -0.3 is 4.42 Å². The zero-order valence-corrected chi connectivity index (χ0v) is 28.9. The number of hydrogen-bond donors (Lipinski definition) is 0. The van der Waals surface area contributed by atoms with Crippen LogP contribution in [0.3, 0.4) is 0 Å². The summed E-state index contributed by atoms with van der Waals surface area (Å²) in [6, 6.07) is 70.5. The first-order chi connectivity index (χ1) is 26.3. The Labute approximate surface area is 307 Å². The summed E-state index contributed by atoms with van der Waals surface area (Å²) < 4.78 is 6.78. The van der Waals surface area contributed by atoms with Gasteiger partial charge in [0, 0.05) is 16.3 Å². The van der Waals surface area contributed by atoms with Crippen LogP contribution in [0.15, 0.2) is 199 Å². The van der Waals surface area contributed by atoms with Gasteiger partial charge in [-0.05, 0) is 100 Å². The minimum atomic E-state index is 0.895. The molecule has 0 aliphatic carbocycles. The smallest absolute Gasteiger partial charge is 0.143 e. The van der Waals surface area contributed by atoms with E-state index in [0.717, 1.165) is 33.1 Å². The van der Waals surface area contributed by atoms with Crippen LogP contribution in [-0.2, 0) is 0 Å². The zero-order chi connectivity index (χ0) is 34.9. The second-order valence-electron chi connectivity index (χ2n) is 13.9. The summed E-state index contributed by atoms with van der Waals surface area (Å²) in [5, 5.41) is 12.2. The lowest BCUT2D eigenvalue weighted by molar-refractivity contribution is 0.670. The first-order valence-corrected chi connectivity index (χ1v) is 18.3. The van der Waals surface area contributed by atoms with Gasteiger partial charge in [0.15, 0.2) is 0 Å². The minimum Gasteiger partial charge on any atom is -0.455 e. The van der Waals surface area contributed by atoms with Crippen molar-refractivity contribution >= 4 is 65.0 Å². The lowest BCUT2D eigenvalue weighted by Gasteiger charge is -2.20. The molecule has 0 unspecified atom stereocenters. The SMILES string of the molecule is c1ccc(-c2ccc3c(-c4ccc(-c5ccccc5)c5oc6ccccc6c45)c4ccccc4c(-c4cccc5c4ccc4ccccc45)c3c2)cc1. The lowest BCUT2D eigenvalue weighted by Crippen LogP contribution is -1.93. The normalized spacial score (nSPS) is 11.8. The molecule has 0 aliphatic rings. The number of benzene rings is 10. The standard InChI is InChI=1S/C52H32O/c1-3-14-33(15-4-1)36-27-29-44-47(32-36)50(41-24-13-23-39-37-19-8-7-18-35(37)26-28-40(39)41)43-21-10-9-20-42(43)49(44)46-31-30-38(34-16-5-2-6-17-34)52-51(46)45-22-11-12-25-48(45)53-52/h1-32H. The molecule has 0 aliphatic heterocycles. The van der Waals surface area contributed by atoms with Gasteiger partial charge in [-0.25, -0.2) is 0 Å². The van der Waals surface area contributed by atoms with Crippen LogP contribution < -0.4 is 0 Å². The molecule has 0 saturated heterocycles. The van der Waals surface area contributed by atoms with Crippen molar-refractivity contribution in [3.63, 3.8) is 0 Å². The molecule has 1 nitrogen and oxygen atoms in total. The third-order valence-electron chi connectivity index (χ3n) is 11.1. The van der Waals surface area contributed by atoms with Crippen molar-refractivity contribution in [3.8, 4) is 44.5 Å². The third kappa shape index (κ3) is 4.58. The van der Waals surface area contributed by atoms with E-state index in [2.05, 4.69) is 194 Å². The van der Waals surface area contributed by atoms with E-state index in [4.69, 9.17) is 4.42 Å². The Balaban J connectivity index is 1.31. The van der Waals surface area contributed by atoms with Crippen LogP contribution in [0.2, 0.25) is 0 Å². The summed E-state index contributed by atoms with van der Waals surface area (Å²) in [5.74, 6) is 0. The fourth-order valence-electron chi connectivity index (χ4n) is 8.71. The average molecular weight is 673 g/mol. The van der Waals surface area contributed by atoms with E-state index in [1.165, 1.54) is 76.5 Å². The molecular weight excluding hydrogens is 641 g/mol. The van der Waals surface area contributed by atoms with Crippen molar-refractivity contribution in [3.05, 3.63) is 194 Å². The second-order valence-corrected chi connectivity index (χ2v) is 13.9. The second kappa shape index (κ2) is 11.8. The van der Waals surface area contributed by atoms with E-state index in [1.54, 1.807) is 0 Å². The van der Waals surface area contributed by atoms with Crippen molar-refractivity contribution in [1.29, 1.82) is 0 Å². The number of hydrogen-bond acceptors (Lipinski definition) is 1. The summed E-state index contributed by atoms with van der Waals surface area (Å²) in [6.45, 7) is 0. The predicted octanol–water partition coefficient (Wildman–Crippen LogP) is 14.9. The molecule has 0 amide bonds. The molecule has 11 rings (SSSR count). The van der Waals surface area contributed by atoms with Gasteiger partial charge in [0.05, 0.1) is 0 Å². The van der Waals surface area contributed by atoms with Crippen LogP contribution in [-0.4, -0.2) is 0 Å². The van der Waals surface area contributed by atoms with Crippen LogP contribution in [0.4, 0.5) is 0 Å². The first-order valence-electron chi connectivity index (χ1n) is 18.3. The van der Waals surface area contributed by atoms with Gasteiger partial charge in [-0.15, -0.1) is 0 Å². The summed E-state index contributed by atoms with van der Waals surface area (Å²) in [4.78, 5) is 0. The van der Waals surface area contributed by atoms with Gasteiger partial charge in [0.2, 0.25) is 0 Å². The highest BCUT2D eigenvalue weighted by molar-refractivity contribution is 6.28. The molecule has 0 fully saturated rings. The largest absolute Gasteiger partial charge is 0.455 e. The van der Waals surface area contributed by atoms with E-state index in [-0.39, 0.29) is 0 Å². The number of fused-ring (bicyclic) bond motifs is 8. The highest BCUT2D eigenvalue weighted by atomic mass is 16.3. The summed E-state index contributed by atoms with van der Waals surface area (Å²) in [6.07, 6.45) is 0. The monoisotopic (exact) mass is 672 g/mol. The summed E-state index contributed by atoms with van der Waals surface area (Å²) >= 11 is 0. The molecule has 0 atom stereocenters. The lowest BCUT2D eigenvalue weighted by atomic mass is 9.82. The van der Waals surface area contributed by atoms with Crippen LogP contribution in [0.1, 0.15) is 0 Å². The molecule has 1 heterocycles. The Morgan fingerprint density at radius 1 is 0.283 bits per heavy atom. The third-order valence-corrected chi connectivity index (χ3v) is 11.1. The van der Waals surface area contributed by atoms with E-state index in [1.807, 2.05) is 0 Å². The van der Waals surface area contributed by atoms with Gasteiger partial charge >= 0.3 is 0 Å². The molecule has 246 valence electrons. The number of furan rings is 1. The van der Waals surface area contributed by atoms with Gasteiger partial charge in [0.25, 0.3) is 0 Å². The summed E-state index contributed by atoms with van der Waals surface area (Å²) in [7, 11) is 0. The van der Waals surface area contributed by atoms with Gasteiger partial charge in [0.1, 0.15) is 11.2 Å². The Morgan fingerprint density at radius 2 is 0.868 bits per heavy atom. The minimum absolute atomic E-state index is 0.895. The zero-order valence-electron chi connectivity index (χ0n) is 28.9.